The van der Waals surface area contributed by atoms with Crippen molar-refractivity contribution in [2.45, 2.75) is 0 Å². The lowest BCUT2D eigenvalue weighted by Crippen LogP contribution is -2.47. The van der Waals surface area contributed by atoms with Gasteiger partial charge in [-0.15, -0.1) is 11.3 Å². The zero-order valence-corrected chi connectivity index (χ0v) is 15.0. The van der Waals surface area contributed by atoms with Crippen molar-refractivity contribution >= 4 is 34.9 Å². The standard InChI is InChI=1S/C19H21N3O2S/c1-21-10-12-22(13-11-21)19(24)16-6-2-3-7-17(16)20-18(23)9-8-15-5-4-14-25-15/h2-9,14H,10-13H2,1H3,(H,20,23). The van der Waals surface area contributed by atoms with Crippen molar-refractivity contribution in [2.24, 2.45) is 0 Å². The van der Waals surface area contributed by atoms with E-state index in [-0.39, 0.29) is 11.8 Å². The van der Waals surface area contributed by atoms with E-state index in [1.807, 2.05) is 34.5 Å². The molecule has 1 N–H and O–H groups in total. The number of benzene rings is 1. The average molecular weight is 355 g/mol. The molecule has 1 saturated heterocycles. The summed E-state index contributed by atoms with van der Waals surface area (Å²) in [4.78, 5) is 30.0. The van der Waals surface area contributed by atoms with Gasteiger partial charge in [-0.1, -0.05) is 18.2 Å². The fourth-order valence-electron chi connectivity index (χ4n) is 2.68. The Kier molecular flexibility index (Phi) is 5.63. The lowest BCUT2D eigenvalue weighted by molar-refractivity contribution is -0.111. The Bertz CT molecular complexity index is 763. The summed E-state index contributed by atoms with van der Waals surface area (Å²) in [5.41, 5.74) is 1.08. The van der Waals surface area contributed by atoms with Crippen LogP contribution < -0.4 is 5.32 Å². The van der Waals surface area contributed by atoms with E-state index >= 15 is 0 Å². The molecule has 1 aliphatic heterocycles. The second-order valence-electron chi connectivity index (χ2n) is 5.98. The molecular weight excluding hydrogens is 334 g/mol. The smallest absolute Gasteiger partial charge is 0.256 e. The molecule has 0 saturated carbocycles. The molecule has 1 aliphatic rings. The van der Waals surface area contributed by atoms with E-state index in [4.69, 9.17) is 0 Å². The summed E-state index contributed by atoms with van der Waals surface area (Å²) in [6, 6.07) is 11.0. The number of anilines is 1. The molecular formula is C19H21N3O2S. The zero-order valence-electron chi connectivity index (χ0n) is 14.1. The highest BCUT2D eigenvalue weighted by Crippen LogP contribution is 2.19. The molecule has 0 spiro atoms. The summed E-state index contributed by atoms with van der Waals surface area (Å²) >= 11 is 1.57. The number of piperazine rings is 1. The van der Waals surface area contributed by atoms with Gasteiger partial charge in [0.05, 0.1) is 11.3 Å². The zero-order chi connectivity index (χ0) is 17.6. The number of amides is 2. The maximum atomic E-state index is 12.8. The number of carbonyl (C=O) groups excluding carboxylic acids is 2. The van der Waals surface area contributed by atoms with Crippen LogP contribution in [0.1, 0.15) is 15.2 Å². The second kappa shape index (κ2) is 8.09. The lowest BCUT2D eigenvalue weighted by atomic mass is 10.1. The number of para-hydroxylation sites is 1. The third-order valence-electron chi connectivity index (χ3n) is 4.15. The predicted octanol–water partition coefficient (Wildman–Crippen LogP) is 2.79. The molecule has 5 nitrogen and oxygen atoms in total. The van der Waals surface area contributed by atoms with Crippen molar-refractivity contribution in [3.05, 3.63) is 58.3 Å². The Morgan fingerprint density at radius 3 is 2.56 bits per heavy atom. The highest BCUT2D eigenvalue weighted by Gasteiger charge is 2.22. The van der Waals surface area contributed by atoms with Crippen LogP contribution >= 0.6 is 11.3 Å². The van der Waals surface area contributed by atoms with Crippen LogP contribution in [0, 0.1) is 0 Å². The molecule has 1 aromatic carbocycles. The molecule has 0 unspecified atom stereocenters. The number of nitrogens with zero attached hydrogens (tertiary/aromatic N) is 2. The maximum Gasteiger partial charge on any atom is 0.256 e. The number of hydrogen-bond acceptors (Lipinski definition) is 4. The SMILES string of the molecule is CN1CCN(C(=O)c2ccccc2NC(=O)C=Cc2cccs2)CC1. The van der Waals surface area contributed by atoms with Crippen molar-refractivity contribution in [2.75, 3.05) is 38.5 Å². The number of carbonyl (C=O) groups is 2. The second-order valence-corrected chi connectivity index (χ2v) is 6.96. The fourth-order valence-corrected chi connectivity index (χ4v) is 3.29. The van der Waals surface area contributed by atoms with Crippen LogP contribution in [0.3, 0.4) is 0 Å². The van der Waals surface area contributed by atoms with Gasteiger partial charge in [0.15, 0.2) is 0 Å². The highest BCUT2D eigenvalue weighted by atomic mass is 32.1. The summed E-state index contributed by atoms with van der Waals surface area (Å²) in [6.07, 6.45) is 3.26. The molecule has 3 rings (SSSR count). The lowest BCUT2D eigenvalue weighted by Gasteiger charge is -2.32. The van der Waals surface area contributed by atoms with Gasteiger partial charge in [0.1, 0.15) is 0 Å². The van der Waals surface area contributed by atoms with Crippen molar-refractivity contribution < 1.29 is 9.59 Å². The van der Waals surface area contributed by atoms with Crippen molar-refractivity contribution in [3.8, 4) is 0 Å². The molecule has 25 heavy (non-hydrogen) atoms. The third kappa shape index (κ3) is 4.55. The molecule has 2 aromatic rings. The minimum atomic E-state index is -0.243. The van der Waals surface area contributed by atoms with Gasteiger partial charge in [0.25, 0.3) is 5.91 Å². The van der Waals surface area contributed by atoms with Crippen molar-refractivity contribution in [1.29, 1.82) is 0 Å². The normalized spacial score (nSPS) is 15.5. The van der Waals surface area contributed by atoms with Crippen LogP contribution in [-0.4, -0.2) is 54.8 Å². The van der Waals surface area contributed by atoms with Crippen LogP contribution in [0.4, 0.5) is 5.69 Å². The molecule has 1 fully saturated rings. The Hall–Kier alpha value is -2.44. The molecule has 0 aliphatic carbocycles. The van der Waals surface area contributed by atoms with Gasteiger partial charge in [0.2, 0.25) is 5.91 Å². The van der Waals surface area contributed by atoms with E-state index in [1.165, 1.54) is 6.08 Å². The van der Waals surface area contributed by atoms with E-state index in [1.54, 1.807) is 29.5 Å². The molecule has 0 atom stereocenters. The van der Waals surface area contributed by atoms with Gasteiger partial charge in [-0.2, -0.15) is 0 Å². The van der Waals surface area contributed by atoms with E-state index in [0.29, 0.717) is 24.3 Å². The van der Waals surface area contributed by atoms with E-state index in [9.17, 15) is 9.59 Å². The predicted molar refractivity (Wildman–Crippen MR) is 102 cm³/mol. The summed E-state index contributed by atoms with van der Waals surface area (Å²) in [5.74, 6) is -0.279. The first-order valence-corrected chi connectivity index (χ1v) is 9.11. The molecule has 0 radical (unpaired) electrons. The van der Waals surface area contributed by atoms with Crippen LogP contribution in [0.5, 0.6) is 0 Å². The summed E-state index contributed by atoms with van der Waals surface area (Å²) in [7, 11) is 2.05. The number of rotatable bonds is 4. The topological polar surface area (TPSA) is 52.6 Å². The Morgan fingerprint density at radius 2 is 1.84 bits per heavy atom. The molecule has 2 heterocycles. The minimum absolute atomic E-state index is 0.0359. The van der Waals surface area contributed by atoms with Crippen LogP contribution in [0.25, 0.3) is 6.08 Å². The largest absolute Gasteiger partial charge is 0.336 e. The van der Waals surface area contributed by atoms with E-state index < -0.39 is 0 Å². The maximum absolute atomic E-state index is 12.8. The number of nitrogens with one attached hydrogen (secondary N) is 1. The average Bonchev–Trinajstić information content (AvgIpc) is 3.14. The number of thiophene rings is 1. The Labute approximate surface area is 151 Å². The van der Waals surface area contributed by atoms with Crippen molar-refractivity contribution in [3.63, 3.8) is 0 Å². The fraction of sp³-hybridized carbons (Fsp3) is 0.263. The quantitative estimate of drug-likeness (QED) is 0.858. The monoisotopic (exact) mass is 355 g/mol. The van der Waals surface area contributed by atoms with Crippen LogP contribution in [0.15, 0.2) is 47.9 Å². The highest BCUT2D eigenvalue weighted by molar-refractivity contribution is 7.10. The first-order valence-electron chi connectivity index (χ1n) is 8.23. The van der Waals surface area contributed by atoms with Gasteiger partial charge in [-0.3, -0.25) is 9.59 Å². The summed E-state index contributed by atoms with van der Waals surface area (Å²) in [6.45, 7) is 3.14. The van der Waals surface area contributed by atoms with Gasteiger partial charge in [-0.25, -0.2) is 0 Å². The molecule has 2 amide bonds. The van der Waals surface area contributed by atoms with E-state index in [2.05, 4.69) is 17.3 Å². The summed E-state index contributed by atoms with van der Waals surface area (Å²) < 4.78 is 0. The van der Waals surface area contributed by atoms with Crippen LogP contribution in [0.2, 0.25) is 0 Å². The van der Waals surface area contributed by atoms with Gasteiger partial charge in [-0.05, 0) is 36.7 Å². The minimum Gasteiger partial charge on any atom is -0.336 e. The summed E-state index contributed by atoms with van der Waals surface area (Å²) in [5, 5.41) is 4.78. The Balaban J connectivity index is 1.70. The van der Waals surface area contributed by atoms with Gasteiger partial charge < -0.3 is 15.1 Å². The number of likely N-dealkylation sites (N-methyl/N-ethyl adjacent to an activating group) is 1. The van der Waals surface area contributed by atoms with E-state index in [0.717, 1.165) is 18.0 Å². The van der Waals surface area contributed by atoms with Gasteiger partial charge in [0, 0.05) is 37.1 Å². The van der Waals surface area contributed by atoms with Gasteiger partial charge >= 0.3 is 0 Å². The first kappa shape index (κ1) is 17.4. The van der Waals surface area contributed by atoms with Crippen LogP contribution in [-0.2, 0) is 4.79 Å². The first-order chi connectivity index (χ1) is 12.1. The molecule has 6 heteroatoms. The number of hydrogen-bond donors (Lipinski definition) is 1. The Morgan fingerprint density at radius 1 is 1.08 bits per heavy atom. The molecule has 130 valence electrons. The van der Waals surface area contributed by atoms with Crippen molar-refractivity contribution in [1.82, 2.24) is 9.80 Å². The molecule has 1 aromatic heterocycles. The third-order valence-corrected chi connectivity index (χ3v) is 4.99. The molecule has 0 bridgehead atoms.